The number of amides is 1. The average Bonchev–Trinajstić information content (AvgIpc) is 3.00. The molecule has 37 heavy (non-hydrogen) atoms. The van der Waals surface area contributed by atoms with Gasteiger partial charge in [-0.2, -0.15) is 18.4 Å². The molecule has 1 aliphatic rings. The zero-order valence-electron chi connectivity index (χ0n) is 21.6. The fraction of sp³-hybridized carbons (Fsp3) is 0.444. The number of hydrogen-bond acceptors (Lipinski definition) is 5. The Labute approximate surface area is 221 Å². The third-order valence-electron chi connectivity index (χ3n) is 6.54. The van der Waals surface area contributed by atoms with Gasteiger partial charge in [-0.05, 0) is 83.2 Å². The number of thiocarbonyl (C=S) groups is 1. The van der Waals surface area contributed by atoms with Gasteiger partial charge in [0.15, 0.2) is 5.11 Å². The molecule has 198 valence electrons. The predicted molar refractivity (Wildman–Crippen MR) is 140 cm³/mol. The van der Waals surface area contributed by atoms with Gasteiger partial charge in [0.25, 0.3) is 5.91 Å². The molecular formula is C27H31F3N4O2S. The Balaban J connectivity index is 1.69. The topological polar surface area (TPSA) is 59.8 Å². The lowest BCUT2D eigenvalue weighted by Gasteiger charge is -2.29. The number of nitriles is 1. The van der Waals surface area contributed by atoms with Crippen LogP contribution in [0.3, 0.4) is 0 Å². The number of rotatable bonds is 9. The van der Waals surface area contributed by atoms with Gasteiger partial charge in [0.1, 0.15) is 11.3 Å². The van der Waals surface area contributed by atoms with Crippen LogP contribution < -0.4 is 9.64 Å². The first-order valence-electron chi connectivity index (χ1n) is 12.0. The highest BCUT2D eigenvalue weighted by atomic mass is 32.1. The monoisotopic (exact) mass is 532 g/mol. The van der Waals surface area contributed by atoms with Crippen LogP contribution in [0.15, 0.2) is 42.5 Å². The number of ether oxygens (including phenoxy) is 1. The van der Waals surface area contributed by atoms with E-state index in [4.69, 9.17) is 17.0 Å². The maximum absolute atomic E-state index is 13.9. The van der Waals surface area contributed by atoms with Gasteiger partial charge in [-0.15, -0.1) is 0 Å². The Morgan fingerprint density at radius 2 is 1.81 bits per heavy atom. The zero-order chi connectivity index (χ0) is 27.5. The molecule has 2 aromatic rings. The van der Waals surface area contributed by atoms with Crippen LogP contribution in [0.4, 0.5) is 18.9 Å². The molecule has 0 radical (unpaired) electrons. The van der Waals surface area contributed by atoms with Crippen molar-refractivity contribution in [2.45, 2.75) is 58.4 Å². The number of nitrogens with zero attached hydrogens (tertiary/aromatic N) is 4. The van der Waals surface area contributed by atoms with Crippen LogP contribution in [0.1, 0.15) is 50.8 Å². The molecule has 1 saturated heterocycles. The summed E-state index contributed by atoms with van der Waals surface area (Å²) >= 11 is 5.48. The molecule has 0 atom stereocenters. The molecule has 0 bridgehead atoms. The summed E-state index contributed by atoms with van der Waals surface area (Å²) in [6, 6.07) is 13.4. The molecule has 1 fully saturated rings. The highest BCUT2D eigenvalue weighted by Crippen LogP contribution is 2.42. The van der Waals surface area contributed by atoms with E-state index < -0.39 is 34.4 Å². The molecule has 1 aliphatic heterocycles. The predicted octanol–water partition coefficient (Wildman–Crippen LogP) is 5.60. The van der Waals surface area contributed by atoms with Gasteiger partial charge in [0, 0.05) is 19.1 Å². The molecule has 0 N–H and O–H groups in total. The second kappa shape index (κ2) is 11.1. The van der Waals surface area contributed by atoms with E-state index in [1.807, 2.05) is 24.3 Å². The summed E-state index contributed by atoms with van der Waals surface area (Å²) in [6.45, 7) is 8.99. The molecule has 6 nitrogen and oxygen atoms in total. The average molecular weight is 533 g/mol. The maximum atomic E-state index is 13.9. The molecule has 0 spiro atoms. The van der Waals surface area contributed by atoms with Crippen LogP contribution >= 0.6 is 12.2 Å². The first-order chi connectivity index (χ1) is 17.3. The standard InChI is InChI=1S/C27H31F3N4O2S/c1-18(2)32(5)17-19-10-12-21(13-11-19)36-15-7-14-33-25(37)34(24(35)26(33,3)4)22-9-6-8-20(16-31)23(22)27(28,29)30/h6,8-13,18H,7,14-15,17H2,1-5H3. The lowest BCUT2D eigenvalue weighted by atomic mass is 10.0. The minimum atomic E-state index is -4.83. The summed E-state index contributed by atoms with van der Waals surface area (Å²) in [6.07, 6.45) is -4.34. The van der Waals surface area contributed by atoms with E-state index in [1.165, 1.54) is 17.7 Å². The second-order valence-corrected chi connectivity index (χ2v) is 10.2. The first kappa shape index (κ1) is 28.4. The van der Waals surface area contributed by atoms with Gasteiger partial charge in [-0.1, -0.05) is 18.2 Å². The fourth-order valence-corrected chi connectivity index (χ4v) is 4.62. The quantitative estimate of drug-likeness (QED) is 0.310. The Morgan fingerprint density at radius 1 is 1.16 bits per heavy atom. The van der Waals surface area contributed by atoms with E-state index in [2.05, 4.69) is 25.8 Å². The Kier molecular flexibility index (Phi) is 8.50. The normalized spacial score (nSPS) is 15.6. The first-order valence-corrected chi connectivity index (χ1v) is 12.4. The molecule has 1 heterocycles. The minimum Gasteiger partial charge on any atom is -0.494 e. The molecular weight excluding hydrogens is 501 g/mol. The SMILES string of the molecule is CC(C)N(C)Cc1ccc(OCCCN2C(=S)N(c3cccc(C#N)c3C(F)(F)F)C(=O)C2(C)C)cc1. The summed E-state index contributed by atoms with van der Waals surface area (Å²) < 4.78 is 47.4. The maximum Gasteiger partial charge on any atom is 0.419 e. The molecule has 10 heteroatoms. The Morgan fingerprint density at radius 3 is 2.38 bits per heavy atom. The van der Waals surface area contributed by atoms with E-state index in [9.17, 15) is 23.2 Å². The molecule has 2 aromatic carbocycles. The van der Waals surface area contributed by atoms with Crippen molar-refractivity contribution in [3.8, 4) is 11.8 Å². The third kappa shape index (κ3) is 6.05. The number of carbonyl (C=O) groups is 1. The van der Waals surface area contributed by atoms with Crippen LogP contribution in [-0.2, 0) is 17.5 Å². The molecule has 0 aliphatic carbocycles. The van der Waals surface area contributed by atoms with Gasteiger partial charge in [0.2, 0.25) is 0 Å². The molecule has 1 amide bonds. The number of halogens is 3. The Bertz CT molecular complexity index is 1190. The molecule has 0 saturated carbocycles. The molecule has 0 aromatic heterocycles. The van der Waals surface area contributed by atoms with Crippen LogP contribution in [0, 0.1) is 11.3 Å². The van der Waals surface area contributed by atoms with Gasteiger partial charge < -0.3 is 9.64 Å². The highest BCUT2D eigenvalue weighted by molar-refractivity contribution is 7.80. The van der Waals surface area contributed by atoms with Gasteiger partial charge in [0.05, 0.1) is 29.5 Å². The van der Waals surface area contributed by atoms with Crippen LogP contribution in [0.2, 0.25) is 0 Å². The third-order valence-corrected chi connectivity index (χ3v) is 6.95. The van der Waals surface area contributed by atoms with E-state index in [0.717, 1.165) is 17.5 Å². The van der Waals surface area contributed by atoms with Crippen molar-refractivity contribution in [3.63, 3.8) is 0 Å². The lowest BCUT2D eigenvalue weighted by molar-refractivity contribution is -0.137. The van der Waals surface area contributed by atoms with Crippen molar-refractivity contribution >= 4 is 28.9 Å². The number of anilines is 1. The number of hydrogen-bond donors (Lipinski definition) is 0. The van der Waals surface area contributed by atoms with E-state index >= 15 is 0 Å². The number of alkyl halides is 3. The van der Waals surface area contributed by atoms with E-state index in [-0.39, 0.29) is 5.11 Å². The van der Waals surface area contributed by atoms with Crippen molar-refractivity contribution in [1.82, 2.24) is 9.80 Å². The van der Waals surface area contributed by atoms with Crippen LogP contribution in [0.5, 0.6) is 5.75 Å². The van der Waals surface area contributed by atoms with Gasteiger partial charge in [-0.3, -0.25) is 14.6 Å². The summed E-state index contributed by atoms with van der Waals surface area (Å²) in [5.74, 6) is 0.126. The summed E-state index contributed by atoms with van der Waals surface area (Å²) in [5, 5.41) is 9.20. The van der Waals surface area contributed by atoms with Crippen LogP contribution in [-0.4, -0.2) is 52.6 Å². The van der Waals surface area contributed by atoms with E-state index in [1.54, 1.807) is 24.8 Å². The van der Waals surface area contributed by atoms with Gasteiger partial charge in [-0.25, -0.2) is 0 Å². The van der Waals surface area contributed by atoms with Crippen molar-refractivity contribution in [2.24, 2.45) is 0 Å². The summed E-state index contributed by atoms with van der Waals surface area (Å²) in [4.78, 5) is 18.0. The molecule has 3 rings (SSSR count). The lowest BCUT2D eigenvalue weighted by Crippen LogP contribution is -2.44. The minimum absolute atomic E-state index is 0.0331. The van der Waals surface area contributed by atoms with Gasteiger partial charge >= 0.3 is 6.18 Å². The largest absolute Gasteiger partial charge is 0.494 e. The summed E-state index contributed by atoms with van der Waals surface area (Å²) in [7, 11) is 2.06. The highest BCUT2D eigenvalue weighted by Gasteiger charge is 2.51. The van der Waals surface area contributed by atoms with Crippen molar-refractivity contribution in [2.75, 3.05) is 25.1 Å². The second-order valence-electron chi connectivity index (χ2n) is 9.80. The number of carbonyl (C=O) groups excluding carboxylic acids is 1. The van der Waals surface area contributed by atoms with E-state index in [0.29, 0.717) is 31.4 Å². The summed E-state index contributed by atoms with van der Waals surface area (Å²) in [5.41, 5.74) is -2.15. The Hall–Kier alpha value is -3.16. The zero-order valence-corrected chi connectivity index (χ0v) is 22.4. The number of benzene rings is 2. The van der Waals surface area contributed by atoms with Crippen LogP contribution in [0.25, 0.3) is 0 Å². The van der Waals surface area contributed by atoms with Crippen molar-refractivity contribution in [3.05, 3.63) is 59.2 Å². The van der Waals surface area contributed by atoms with Crippen molar-refractivity contribution in [1.29, 1.82) is 5.26 Å². The molecule has 0 unspecified atom stereocenters. The smallest absolute Gasteiger partial charge is 0.419 e. The fourth-order valence-electron chi connectivity index (χ4n) is 4.12. The van der Waals surface area contributed by atoms with Crippen molar-refractivity contribution < 1.29 is 22.7 Å².